The van der Waals surface area contributed by atoms with Crippen LogP contribution in [-0.4, -0.2) is 23.0 Å². The molecule has 6 heteroatoms. The van der Waals surface area contributed by atoms with E-state index in [1.54, 1.807) is 18.2 Å². The molecule has 0 saturated heterocycles. The normalized spacial score (nSPS) is 11.0. The number of carbonyl (C=O) groups is 1. The molecule has 120 valence electrons. The highest BCUT2D eigenvalue weighted by Crippen LogP contribution is 2.15. The molecule has 0 saturated carbocycles. The largest absolute Gasteiger partial charge is 0.344 e. The van der Waals surface area contributed by atoms with Crippen LogP contribution in [0.3, 0.4) is 0 Å². The summed E-state index contributed by atoms with van der Waals surface area (Å²) in [5, 5.41) is 4.28. The van der Waals surface area contributed by atoms with Crippen LogP contribution >= 0.6 is 12.4 Å². The van der Waals surface area contributed by atoms with Gasteiger partial charge in [0.15, 0.2) is 0 Å². The van der Waals surface area contributed by atoms with Crippen LogP contribution in [-0.2, 0) is 0 Å². The molecule has 1 heterocycles. The Morgan fingerprint density at radius 2 is 1.91 bits per heavy atom. The molecule has 0 aliphatic rings. The van der Waals surface area contributed by atoms with Crippen LogP contribution in [0.5, 0.6) is 0 Å². The first kappa shape index (κ1) is 18.2. The first-order valence-electron chi connectivity index (χ1n) is 7.20. The Hall–Kier alpha value is -1.85. The zero-order valence-corrected chi connectivity index (χ0v) is 13.6. The number of halogens is 1. The molecule has 2 rings (SSSR count). The monoisotopic (exact) mass is 323 g/mol. The van der Waals surface area contributed by atoms with Crippen LogP contribution in [0.15, 0.2) is 35.1 Å². The van der Waals surface area contributed by atoms with E-state index < -0.39 is 5.54 Å². The summed E-state index contributed by atoms with van der Waals surface area (Å²) in [5.74, 6) is -0.299. The number of H-pyrrole nitrogens is 1. The maximum absolute atomic E-state index is 12.4. The highest BCUT2D eigenvalue weighted by atomic mass is 35.5. The fourth-order valence-electron chi connectivity index (χ4n) is 2.41. The van der Waals surface area contributed by atoms with Crippen molar-refractivity contribution in [2.45, 2.75) is 32.2 Å². The average molecular weight is 324 g/mol. The molecule has 22 heavy (non-hydrogen) atoms. The Kier molecular flexibility index (Phi) is 6.14. The van der Waals surface area contributed by atoms with E-state index in [9.17, 15) is 9.59 Å². The summed E-state index contributed by atoms with van der Waals surface area (Å²) in [5.41, 5.74) is 5.36. The third kappa shape index (κ3) is 3.48. The number of amides is 1. The lowest BCUT2D eigenvalue weighted by molar-refractivity contribution is 0.0890. The fraction of sp³-hybridized carbons (Fsp3) is 0.375. The molecule has 0 bridgehead atoms. The number of carbonyl (C=O) groups excluding carboxylic acids is 1. The van der Waals surface area contributed by atoms with Gasteiger partial charge in [0.05, 0.1) is 5.54 Å². The van der Waals surface area contributed by atoms with Gasteiger partial charge in [0.1, 0.15) is 5.69 Å². The van der Waals surface area contributed by atoms with E-state index in [-0.39, 0.29) is 29.6 Å². The van der Waals surface area contributed by atoms with Crippen molar-refractivity contribution in [3.63, 3.8) is 0 Å². The van der Waals surface area contributed by atoms with Crippen LogP contribution in [0, 0.1) is 0 Å². The second-order valence-electron chi connectivity index (χ2n) is 5.25. The van der Waals surface area contributed by atoms with E-state index in [1.165, 1.54) is 0 Å². The van der Waals surface area contributed by atoms with Gasteiger partial charge in [-0.3, -0.25) is 9.59 Å². The maximum Gasteiger partial charge on any atom is 0.268 e. The Balaban J connectivity index is 0.00000242. The van der Waals surface area contributed by atoms with Gasteiger partial charge in [-0.05, 0) is 30.4 Å². The molecule has 0 aliphatic heterocycles. The third-order valence-electron chi connectivity index (χ3n) is 4.12. The van der Waals surface area contributed by atoms with Gasteiger partial charge in [-0.1, -0.05) is 32.0 Å². The SMILES string of the molecule is CCC(CC)(CN)NC(=O)c1cc2ccccc2c(=O)[nH]1.Cl. The summed E-state index contributed by atoms with van der Waals surface area (Å²) in [7, 11) is 0. The number of hydrogen-bond donors (Lipinski definition) is 3. The Labute approximate surface area is 135 Å². The quantitative estimate of drug-likeness (QED) is 0.788. The molecular weight excluding hydrogens is 302 g/mol. The number of benzene rings is 1. The number of aromatic amines is 1. The van der Waals surface area contributed by atoms with Gasteiger partial charge < -0.3 is 16.0 Å². The highest BCUT2D eigenvalue weighted by molar-refractivity contribution is 5.96. The second kappa shape index (κ2) is 7.42. The van der Waals surface area contributed by atoms with Gasteiger partial charge in [0.2, 0.25) is 0 Å². The van der Waals surface area contributed by atoms with Crippen molar-refractivity contribution in [1.29, 1.82) is 0 Å². The molecule has 0 fully saturated rings. The van der Waals surface area contributed by atoms with E-state index in [0.717, 1.165) is 18.2 Å². The third-order valence-corrected chi connectivity index (χ3v) is 4.12. The molecule has 0 aliphatic carbocycles. The zero-order valence-electron chi connectivity index (χ0n) is 12.8. The Bertz CT molecular complexity index is 700. The molecule has 1 aromatic heterocycles. The second-order valence-corrected chi connectivity index (χ2v) is 5.25. The van der Waals surface area contributed by atoms with E-state index >= 15 is 0 Å². The number of nitrogens with two attached hydrogens (primary N) is 1. The molecule has 0 atom stereocenters. The molecular formula is C16H22ClN3O2. The summed E-state index contributed by atoms with van der Waals surface area (Å²) in [6.45, 7) is 4.34. The van der Waals surface area contributed by atoms with Gasteiger partial charge >= 0.3 is 0 Å². The lowest BCUT2D eigenvalue weighted by atomic mass is 9.92. The number of fused-ring (bicyclic) bond motifs is 1. The standard InChI is InChI=1S/C16H21N3O2.ClH/c1-3-16(4-2,10-17)19-15(21)13-9-11-7-5-6-8-12(11)14(20)18-13;/h5-9H,3-4,10,17H2,1-2H3,(H,18,20)(H,19,21);1H. The maximum atomic E-state index is 12.4. The fourth-order valence-corrected chi connectivity index (χ4v) is 2.41. The molecule has 4 N–H and O–H groups in total. The van der Waals surface area contributed by atoms with E-state index in [2.05, 4.69) is 10.3 Å². The number of hydrogen-bond acceptors (Lipinski definition) is 3. The number of pyridine rings is 1. The van der Waals surface area contributed by atoms with Crippen molar-refractivity contribution in [2.24, 2.45) is 5.73 Å². The van der Waals surface area contributed by atoms with Crippen LogP contribution < -0.4 is 16.6 Å². The minimum absolute atomic E-state index is 0. The topological polar surface area (TPSA) is 88.0 Å². The lowest BCUT2D eigenvalue weighted by Gasteiger charge is -2.31. The molecule has 1 amide bonds. The van der Waals surface area contributed by atoms with E-state index in [1.807, 2.05) is 26.0 Å². The Morgan fingerprint density at radius 1 is 1.27 bits per heavy atom. The summed E-state index contributed by atoms with van der Waals surface area (Å²) in [6, 6.07) is 8.88. The van der Waals surface area contributed by atoms with Gasteiger partial charge in [0, 0.05) is 11.9 Å². The number of aromatic nitrogens is 1. The summed E-state index contributed by atoms with van der Waals surface area (Å²) in [4.78, 5) is 27.1. The van der Waals surface area contributed by atoms with Crippen molar-refractivity contribution in [3.05, 3.63) is 46.4 Å². The van der Waals surface area contributed by atoms with Crippen molar-refractivity contribution in [3.8, 4) is 0 Å². The first-order valence-corrected chi connectivity index (χ1v) is 7.20. The number of rotatable bonds is 5. The molecule has 0 radical (unpaired) electrons. The summed E-state index contributed by atoms with van der Waals surface area (Å²) < 4.78 is 0. The molecule has 5 nitrogen and oxygen atoms in total. The summed E-state index contributed by atoms with van der Waals surface area (Å²) in [6.07, 6.45) is 1.48. The smallest absolute Gasteiger partial charge is 0.268 e. The van der Waals surface area contributed by atoms with Gasteiger partial charge in [0.25, 0.3) is 11.5 Å². The molecule has 0 unspecified atom stereocenters. The van der Waals surface area contributed by atoms with Gasteiger partial charge in [-0.25, -0.2) is 0 Å². The number of nitrogens with one attached hydrogen (secondary N) is 2. The van der Waals surface area contributed by atoms with Crippen LogP contribution in [0.1, 0.15) is 37.2 Å². The minimum atomic E-state index is -0.431. The van der Waals surface area contributed by atoms with Crippen molar-refractivity contribution >= 4 is 29.1 Å². The van der Waals surface area contributed by atoms with Crippen LogP contribution in [0.4, 0.5) is 0 Å². The lowest BCUT2D eigenvalue weighted by Crippen LogP contribution is -2.53. The Morgan fingerprint density at radius 3 is 2.50 bits per heavy atom. The first-order chi connectivity index (χ1) is 10.0. The van der Waals surface area contributed by atoms with Crippen molar-refractivity contribution in [2.75, 3.05) is 6.54 Å². The van der Waals surface area contributed by atoms with Crippen molar-refractivity contribution < 1.29 is 4.79 Å². The van der Waals surface area contributed by atoms with Gasteiger partial charge in [-0.2, -0.15) is 0 Å². The van der Waals surface area contributed by atoms with Gasteiger partial charge in [-0.15, -0.1) is 12.4 Å². The van der Waals surface area contributed by atoms with Crippen LogP contribution in [0.2, 0.25) is 0 Å². The molecule has 1 aromatic carbocycles. The van der Waals surface area contributed by atoms with Crippen molar-refractivity contribution in [1.82, 2.24) is 10.3 Å². The summed E-state index contributed by atoms with van der Waals surface area (Å²) >= 11 is 0. The highest BCUT2D eigenvalue weighted by Gasteiger charge is 2.27. The van der Waals surface area contributed by atoms with E-state index in [4.69, 9.17) is 5.73 Å². The predicted molar refractivity (Wildman–Crippen MR) is 91.7 cm³/mol. The predicted octanol–water partition coefficient (Wildman–Crippen LogP) is 2.20. The average Bonchev–Trinajstić information content (AvgIpc) is 2.52. The van der Waals surface area contributed by atoms with Crippen LogP contribution in [0.25, 0.3) is 10.8 Å². The molecule has 2 aromatic rings. The zero-order chi connectivity index (χ0) is 15.5. The molecule has 0 spiro atoms. The van der Waals surface area contributed by atoms with E-state index in [0.29, 0.717) is 11.9 Å². The minimum Gasteiger partial charge on any atom is -0.344 e.